The molecule has 0 spiro atoms. The zero-order valence-corrected chi connectivity index (χ0v) is 11.9. The third-order valence-corrected chi connectivity index (χ3v) is 3.40. The summed E-state index contributed by atoms with van der Waals surface area (Å²) in [6.07, 6.45) is 0. The van der Waals surface area contributed by atoms with Gasteiger partial charge in [-0.25, -0.2) is 4.39 Å². The normalized spacial score (nSPS) is 10.4. The molecular weight excluding hydrogens is 279 g/mol. The molecule has 0 unspecified atom stereocenters. The predicted octanol–water partition coefficient (Wildman–Crippen LogP) is 3.93. The monoisotopic (exact) mass is 292 g/mol. The number of nitrogens with one attached hydrogen (secondary N) is 1. The second kappa shape index (κ2) is 5.51. The first kappa shape index (κ1) is 14.3. The number of nitrogens with two attached hydrogens (primary N) is 1. The fourth-order valence-corrected chi connectivity index (χ4v) is 2.06. The summed E-state index contributed by atoms with van der Waals surface area (Å²) in [6.45, 7) is 3.86. The van der Waals surface area contributed by atoms with Crippen molar-refractivity contribution in [3.63, 3.8) is 0 Å². The summed E-state index contributed by atoms with van der Waals surface area (Å²) < 4.78 is 13.0. The van der Waals surface area contributed by atoms with Gasteiger partial charge in [0.1, 0.15) is 5.82 Å². The molecule has 0 aliphatic heterocycles. The van der Waals surface area contributed by atoms with Gasteiger partial charge in [0.2, 0.25) is 0 Å². The molecule has 0 bridgehead atoms. The van der Waals surface area contributed by atoms with Gasteiger partial charge in [-0.2, -0.15) is 0 Å². The fraction of sp³-hybridized carbons (Fsp3) is 0.133. The summed E-state index contributed by atoms with van der Waals surface area (Å²) >= 11 is 5.85. The largest absolute Gasteiger partial charge is 0.397 e. The van der Waals surface area contributed by atoms with E-state index < -0.39 is 11.7 Å². The number of halogens is 2. The lowest BCUT2D eigenvalue weighted by Crippen LogP contribution is -2.14. The number of anilines is 2. The topological polar surface area (TPSA) is 55.1 Å². The molecule has 5 heteroatoms. The minimum atomic E-state index is -0.489. The Labute approximate surface area is 121 Å². The number of amides is 1. The van der Waals surface area contributed by atoms with Gasteiger partial charge in [-0.15, -0.1) is 0 Å². The lowest BCUT2D eigenvalue weighted by atomic mass is 10.1. The minimum Gasteiger partial charge on any atom is -0.397 e. The predicted molar refractivity (Wildman–Crippen MR) is 79.7 cm³/mol. The molecular formula is C15H14ClFN2O. The van der Waals surface area contributed by atoms with Crippen molar-refractivity contribution < 1.29 is 9.18 Å². The van der Waals surface area contributed by atoms with Gasteiger partial charge in [0.25, 0.3) is 5.91 Å². The lowest BCUT2D eigenvalue weighted by Gasteiger charge is -2.11. The van der Waals surface area contributed by atoms with E-state index in [4.69, 9.17) is 17.3 Å². The Kier molecular flexibility index (Phi) is 3.95. The fourth-order valence-electron chi connectivity index (χ4n) is 1.81. The SMILES string of the molecule is Cc1cc(N)c(NC(=O)c2ccc(F)cc2Cl)cc1C. The van der Waals surface area contributed by atoms with Crippen LogP contribution in [-0.4, -0.2) is 5.91 Å². The van der Waals surface area contributed by atoms with Gasteiger partial charge >= 0.3 is 0 Å². The van der Waals surface area contributed by atoms with Crippen LogP contribution in [-0.2, 0) is 0 Å². The van der Waals surface area contributed by atoms with E-state index in [1.165, 1.54) is 12.1 Å². The number of carbonyl (C=O) groups excluding carboxylic acids is 1. The van der Waals surface area contributed by atoms with Gasteiger partial charge in [0.15, 0.2) is 0 Å². The van der Waals surface area contributed by atoms with Crippen molar-refractivity contribution in [2.75, 3.05) is 11.1 Å². The van der Waals surface area contributed by atoms with Gasteiger partial charge in [-0.1, -0.05) is 11.6 Å². The van der Waals surface area contributed by atoms with E-state index >= 15 is 0 Å². The van der Waals surface area contributed by atoms with Crippen LogP contribution in [0.3, 0.4) is 0 Å². The van der Waals surface area contributed by atoms with Crippen molar-refractivity contribution >= 4 is 28.9 Å². The smallest absolute Gasteiger partial charge is 0.257 e. The van der Waals surface area contributed by atoms with Crippen molar-refractivity contribution in [2.45, 2.75) is 13.8 Å². The highest BCUT2D eigenvalue weighted by molar-refractivity contribution is 6.34. The molecule has 2 aromatic rings. The first-order chi connectivity index (χ1) is 9.38. The number of hydrogen-bond donors (Lipinski definition) is 2. The highest BCUT2D eigenvalue weighted by atomic mass is 35.5. The maximum atomic E-state index is 13.0. The Morgan fingerprint density at radius 2 is 1.85 bits per heavy atom. The highest BCUT2D eigenvalue weighted by Crippen LogP contribution is 2.25. The summed E-state index contributed by atoms with van der Waals surface area (Å²) in [6, 6.07) is 7.20. The quantitative estimate of drug-likeness (QED) is 0.824. The molecule has 20 heavy (non-hydrogen) atoms. The maximum Gasteiger partial charge on any atom is 0.257 e. The molecule has 2 aromatic carbocycles. The first-order valence-corrected chi connectivity index (χ1v) is 6.39. The van der Waals surface area contributed by atoms with E-state index in [-0.39, 0.29) is 10.6 Å². The third kappa shape index (κ3) is 2.91. The average Bonchev–Trinajstić information content (AvgIpc) is 2.35. The summed E-state index contributed by atoms with van der Waals surface area (Å²) in [5.41, 5.74) is 9.11. The zero-order valence-electron chi connectivity index (χ0n) is 11.1. The molecule has 3 N–H and O–H groups in total. The highest BCUT2D eigenvalue weighted by Gasteiger charge is 2.13. The second-order valence-electron chi connectivity index (χ2n) is 4.60. The Morgan fingerprint density at radius 3 is 2.50 bits per heavy atom. The Bertz CT molecular complexity index is 686. The van der Waals surface area contributed by atoms with Crippen molar-refractivity contribution in [1.29, 1.82) is 0 Å². The summed E-state index contributed by atoms with van der Waals surface area (Å²) in [4.78, 5) is 12.1. The molecule has 0 aliphatic carbocycles. The molecule has 0 aliphatic rings. The molecule has 0 fully saturated rings. The summed E-state index contributed by atoms with van der Waals surface area (Å²) in [7, 11) is 0. The number of benzene rings is 2. The van der Waals surface area contributed by atoms with Gasteiger partial charge in [0.05, 0.1) is 22.0 Å². The minimum absolute atomic E-state index is 0.0601. The second-order valence-corrected chi connectivity index (χ2v) is 5.01. The number of nitrogen functional groups attached to an aromatic ring is 1. The third-order valence-electron chi connectivity index (χ3n) is 3.09. The molecule has 1 amide bonds. The molecule has 0 atom stereocenters. The van der Waals surface area contributed by atoms with E-state index in [2.05, 4.69) is 5.32 Å². The van der Waals surface area contributed by atoms with Crippen LogP contribution in [0.5, 0.6) is 0 Å². The molecule has 3 nitrogen and oxygen atoms in total. The van der Waals surface area contributed by atoms with Crippen LogP contribution in [0.1, 0.15) is 21.5 Å². The number of rotatable bonds is 2. The average molecular weight is 293 g/mol. The Morgan fingerprint density at radius 1 is 1.20 bits per heavy atom. The van der Waals surface area contributed by atoms with Crippen molar-refractivity contribution in [3.8, 4) is 0 Å². The van der Waals surface area contributed by atoms with Crippen LogP contribution < -0.4 is 11.1 Å². The molecule has 0 aromatic heterocycles. The number of carbonyl (C=O) groups is 1. The summed E-state index contributed by atoms with van der Waals surface area (Å²) in [5.74, 6) is -0.915. The van der Waals surface area contributed by atoms with Crippen LogP contribution in [0.4, 0.5) is 15.8 Å². The molecule has 2 rings (SSSR count). The van der Waals surface area contributed by atoms with E-state index in [0.29, 0.717) is 11.4 Å². The van der Waals surface area contributed by atoms with Gasteiger partial charge < -0.3 is 11.1 Å². The van der Waals surface area contributed by atoms with E-state index in [1.54, 1.807) is 12.1 Å². The maximum absolute atomic E-state index is 13.0. The van der Waals surface area contributed by atoms with E-state index in [0.717, 1.165) is 17.2 Å². The molecule has 0 heterocycles. The van der Waals surface area contributed by atoms with Gasteiger partial charge in [-0.3, -0.25) is 4.79 Å². The molecule has 0 saturated carbocycles. The van der Waals surface area contributed by atoms with E-state index in [1.807, 2.05) is 13.8 Å². The molecule has 0 radical (unpaired) electrons. The Balaban J connectivity index is 2.30. The lowest BCUT2D eigenvalue weighted by molar-refractivity contribution is 0.102. The zero-order chi connectivity index (χ0) is 14.9. The standard InChI is InChI=1S/C15H14ClFN2O/c1-8-5-13(18)14(6-9(8)2)19-15(20)11-4-3-10(17)7-12(11)16/h3-7H,18H2,1-2H3,(H,19,20). The van der Waals surface area contributed by atoms with Crippen LogP contribution >= 0.6 is 11.6 Å². The number of aryl methyl sites for hydroxylation is 2. The first-order valence-electron chi connectivity index (χ1n) is 6.01. The van der Waals surface area contributed by atoms with Crippen LogP contribution in [0.25, 0.3) is 0 Å². The van der Waals surface area contributed by atoms with Gasteiger partial charge in [0, 0.05) is 0 Å². The number of hydrogen-bond acceptors (Lipinski definition) is 2. The Hall–Kier alpha value is -2.07. The van der Waals surface area contributed by atoms with E-state index in [9.17, 15) is 9.18 Å². The van der Waals surface area contributed by atoms with Crippen LogP contribution in [0, 0.1) is 19.7 Å². The molecule has 104 valence electrons. The summed E-state index contributed by atoms with van der Waals surface area (Å²) in [5, 5.41) is 2.74. The van der Waals surface area contributed by atoms with Gasteiger partial charge in [-0.05, 0) is 55.3 Å². The van der Waals surface area contributed by atoms with Crippen molar-refractivity contribution in [2.24, 2.45) is 0 Å². The van der Waals surface area contributed by atoms with Crippen molar-refractivity contribution in [3.05, 3.63) is 57.9 Å². The van der Waals surface area contributed by atoms with Crippen molar-refractivity contribution in [1.82, 2.24) is 0 Å². The molecule has 0 saturated heterocycles. The van der Waals surface area contributed by atoms with Crippen LogP contribution in [0.2, 0.25) is 5.02 Å². The van der Waals surface area contributed by atoms with Crippen LogP contribution in [0.15, 0.2) is 30.3 Å².